The van der Waals surface area contributed by atoms with Crippen LogP contribution < -0.4 is 0 Å². The van der Waals surface area contributed by atoms with Crippen LogP contribution in [0.4, 0.5) is 5.69 Å². The van der Waals surface area contributed by atoms with Crippen molar-refractivity contribution < 1.29 is 0 Å². The van der Waals surface area contributed by atoms with Crippen molar-refractivity contribution in [1.82, 2.24) is 0 Å². The van der Waals surface area contributed by atoms with Crippen molar-refractivity contribution in [3.63, 3.8) is 0 Å². The van der Waals surface area contributed by atoms with E-state index in [1.165, 1.54) is 0 Å². The van der Waals surface area contributed by atoms with Crippen molar-refractivity contribution >= 4 is 11.7 Å². The predicted octanol–water partition coefficient (Wildman–Crippen LogP) is 3.54. The highest BCUT2D eigenvalue weighted by Gasteiger charge is 2.05. The molecule has 0 N–H and O–H groups in total. The molecule has 0 fully saturated rings. The average Bonchev–Trinajstić information content (AvgIpc) is 2.33. The van der Waals surface area contributed by atoms with Gasteiger partial charge < -0.3 is 0 Å². The summed E-state index contributed by atoms with van der Waals surface area (Å²) in [6, 6.07) is 12.3. The van der Waals surface area contributed by atoms with Gasteiger partial charge in [0.2, 0.25) is 0 Å². The first kappa shape index (κ1) is 10.3. The summed E-state index contributed by atoms with van der Waals surface area (Å²) in [4.78, 5) is 8.32. The number of allylic oxidation sites excluding steroid dienone is 2. The van der Waals surface area contributed by atoms with Gasteiger partial charge in [0.25, 0.3) is 0 Å². The smallest absolute Gasteiger partial charge is 0.104 e. The van der Waals surface area contributed by atoms with Crippen LogP contribution in [0.2, 0.25) is 0 Å². The van der Waals surface area contributed by atoms with Crippen LogP contribution in [0, 0.1) is 0 Å². The minimum absolute atomic E-state index is 0.0301. The average molecular weight is 208 g/mol. The summed E-state index contributed by atoms with van der Waals surface area (Å²) in [5, 5.41) is 0. The van der Waals surface area contributed by atoms with Gasteiger partial charge in [0.15, 0.2) is 0 Å². The van der Waals surface area contributed by atoms with Crippen molar-refractivity contribution in [2.75, 3.05) is 0 Å². The summed E-state index contributed by atoms with van der Waals surface area (Å²) in [7, 11) is 0. The standard InChI is InChI=1S/C14H12N2/c1-12-7-5-6-10-14(12)16-11-15-13-8-3-2-4-9-13/h2-10,14H,1H2. The number of aliphatic imine (C=N–C) groups is 2. The van der Waals surface area contributed by atoms with Gasteiger partial charge in [-0.1, -0.05) is 49.1 Å². The Hall–Kier alpha value is -2.18. The molecule has 78 valence electrons. The Labute approximate surface area is 95.1 Å². The molecule has 1 unspecified atom stereocenters. The maximum absolute atomic E-state index is 4.21. The summed E-state index contributed by atoms with van der Waals surface area (Å²) in [6.07, 6.45) is 7.81. The van der Waals surface area contributed by atoms with Gasteiger partial charge in [-0.2, -0.15) is 4.99 Å². The number of para-hydroxylation sites is 1. The molecule has 0 aliphatic heterocycles. The molecule has 1 aliphatic carbocycles. The fourth-order valence-electron chi connectivity index (χ4n) is 1.35. The predicted molar refractivity (Wildman–Crippen MR) is 67.2 cm³/mol. The zero-order valence-electron chi connectivity index (χ0n) is 8.88. The SMILES string of the molecule is C=C1C=CC=CC1N=C=Nc1ccccc1. The first-order valence-corrected chi connectivity index (χ1v) is 5.10. The minimum Gasteiger partial charge on any atom is -0.213 e. The number of hydrogen-bond donors (Lipinski definition) is 0. The Morgan fingerprint density at radius 1 is 1.12 bits per heavy atom. The molecule has 0 bridgehead atoms. The zero-order chi connectivity index (χ0) is 11.2. The number of rotatable bonds is 2. The lowest BCUT2D eigenvalue weighted by Gasteiger charge is -2.07. The lowest BCUT2D eigenvalue weighted by atomic mass is 10.1. The highest BCUT2D eigenvalue weighted by atomic mass is 14.8. The van der Waals surface area contributed by atoms with E-state index in [-0.39, 0.29) is 6.04 Å². The van der Waals surface area contributed by atoms with Gasteiger partial charge in [0, 0.05) is 0 Å². The van der Waals surface area contributed by atoms with Crippen molar-refractivity contribution in [3.8, 4) is 0 Å². The van der Waals surface area contributed by atoms with Crippen LogP contribution in [-0.4, -0.2) is 12.1 Å². The third-order valence-corrected chi connectivity index (χ3v) is 2.23. The Morgan fingerprint density at radius 3 is 2.69 bits per heavy atom. The van der Waals surface area contributed by atoms with Crippen LogP contribution in [0.3, 0.4) is 0 Å². The van der Waals surface area contributed by atoms with Gasteiger partial charge in [-0.05, 0) is 17.7 Å². The van der Waals surface area contributed by atoms with E-state index in [2.05, 4.69) is 22.6 Å². The fraction of sp³-hybridized carbons (Fsp3) is 0.0714. The maximum atomic E-state index is 4.21. The normalized spacial score (nSPS) is 18.0. The van der Waals surface area contributed by atoms with E-state index in [9.17, 15) is 0 Å². The second kappa shape index (κ2) is 5.06. The summed E-state index contributed by atoms with van der Waals surface area (Å²) in [6.45, 7) is 3.91. The van der Waals surface area contributed by atoms with Crippen LogP contribution in [-0.2, 0) is 0 Å². The molecule has 1 aromatic carbocycles. The molecule has 0 radical (unpaired) electrons. The third-order valence-electron chi connectivity index (χ3n) is 2.23. The maximum Gasteiger partial charge on any atom is 0.104 e. The molecule has 0 aromatic heterocycles. The molecule has 2 heteroatoms. The van der Waals surface area contributed by atoms with E-state index in [4.69, 9.17) is 0 Å². The van der Waals surface area contributed by atoms with E-state index in [1.807, 2.05) is 54.6 Å². The van der Waals surface area contributed by atoms with Crippen LogP contribution in [0.1, 0.15) is 0 Å². The lowest BCUT2D eigenvalue weighted by Crippen LogP contribution is -2.03. The summed E-state index contributed by atoms with van der Waals surface area (Å²) in [5.41, 5.74) is 1.81. The summed E-state index contributed by atoms with van der Waals surface area (Å²) >= 11 is 0. The molecule has 1 atom stereocenters. The van der Waals surface area contributed by atoms with Gasteiger partial charge >= 0.3 is 0 Å². The zero-order valence-corrected chi connectivity index (χ0v) is 8.88. The van der Waals surface area contributed by atoms with Crippen LogP contribution in [0.15, 0.2) is 76.8 Å². The van der Waals surface area contributed by atoms with Crippen LogP contribution >= 0.6 is 0 Å². The van der Waals surface area contributed by atoms with Crippen molar-refractivity contribution in [3.05, 3.63) is 66.8 Å². The first-order valence-electron chi connectivity index (χ1n) is 5.10. The molecule has 16 heavy (non-hydrogen) atoms. The second-order valence-electron chi connectivity index (χ2n) is 3.44. The van der Waals surface area contributed by atoms with Crippen LogP contribution in [0.5, 0.6) is 0 Å². The van der Waals surface area contributed by atoms with E-state index in [1.54, 1.807) is 0 Å². The molecule has 1 aromatic rings. The Bertz CT molecular complexity index is 489. The highest BCUT2D eigenvalue weighted by Crippen LogP contribution is 2.12. The Balaban J connectivity index is 2.10. The molecule has 0 amide bonds. The van der Waals surface area contributed by atoms with E-state index < -0.39 is 0 Å². The van der Waals surface area contributed by atoms with E-state index in [0.29, 0.717) is 0 Å². The highest BCUT2D eigenvalue weighted by molar-refractivity contribution is 5.53. The van der Waals surface area contributed by atoms with Gasteiger partial charge in [0.1, 0.15) is 6.04 Å². The first-order chi connectivity index (χ1) is 7.86. The van der Waals surface area contributed by atoms with Gasteiger partial charge in [0.05, 0.1) is 11.7 Å². The molecule has 0 saturated carbocycles. The molecule has 0 spiro atoms. The molecule has 2 rings (SSSR count). The quantitative estimate of drug-likeness (QED) is 0.664. The molecule has 0 saturated heterocycles. The Kier molecular flexibility index (Phi) is 3.27. The molecule has 2 nitrogen and oxygen atoms in total. The Morgan fingerprint density at radius 2 is 1.94 bits per heavy atom. The minimum atomic E-state index is -0.0301. The lowest BCUT2D eigenvalue weighted by molar-refractivity contribution is 0.983. The van der Waals surface area contributed by atoms with Crippen molar-refractivity contribution in [2.24, 2.45) is 9.98 Å². The number of hydrogen-bond acceptors (Lipinski definition) is 2. The van der Waals surface area contributed by atoms with Crippen LogP contribution in [0.25, 0.3) is 0 Å². The summed E-state index contributed by atoms with van der Waals surface area (Å²) < 4.78 is 0. The van der Waals surface area contributed by atoms with Crippen molar-refractivity contribution in [2.45, 2.75) is 6.04 Å². The summed E-state index contributed by atoms with van der Waals surface area (Å²) in [5.74, 6) is 0. The number of benzene rings is 1. The van der Waals surface area contributed by atoms with Crippen molar-refractivity contribution in [1.29, 1.82) is 0 Å². The van der Waals surface area contributed by atoms with Gasteiger partial charge in [-0.3, -0.25) is 0 Å². The molecule has 1 aliphatic rings. The van der Waals surface area contributed by atoms with Gasteiger partial charge in [-0.25, -0.2) is 4.99 Å². The molecular weight excluding hydrogens is 196 g/mol. The molecule has 0 heterocycles. The molecular formula is C14H12N2. The largest absolute Gasteiger partial charge is 0.213 e. The number of nitrogens with zero attached hydrogens (tertiary/aromatic N) is 2. The van der Waals surface area contributed by atoms with E-state index in [0.717, 1.165) is 11.3 Å². The van der Waals surface area contributed by atoms with E-state index >= 15 is 0 Å². The third kappa shape index (κ3) is 2.66. The second-order valence-corrected chi connectivity index (χ2v) is 3.44. The monoisotopic (exact) mass is 208 g/mol. The topological polar surface area (TPSA) is 24.7 Å². The fourth-order valence-corrected chi connectivity index (χ4v) is 1.35. The van der Waals surface area contributed by atoms with Gasteiger partial charge in [-0.15, -0.1) is 0 Å².